The molecule has 2 aromatic rings. The van der Waals surface area contributed by atoms with Crippen LogP contribution in [0, 0.1) is 0 Å². The SMILES string of the molecule is CCN(c1ccccc1)c1c(N)cccc1C(=O)O. The van der Waals surface area contributed by atoms with Crippen LogP contribution in [0.25, 0.3) is 0 Å². The van der Waals surface area contributed by atoms with Crippen molar-refractivity contribution in [3.8, 4) is 0 Å². The summed E-state index contributed by atoms with van der Waals surface area (Å²) in [5, 5.41) is 9.30. The van der Waals surface area contributed by atoms with E-state index < -0.39 is 5.97 Å². The van der Waals surface area contributed by atoms with Crippen LogP contribution in [0.15, 0.2) is 48.5 Å². The number of carboxylic acids is 1. The molecule has 0 aromatic heterocycles. The standard InChI is InChI=1S/C15H16N2O2/c1-2-17(11-7-4-3-5-8-11)14-12(15(18)19)9-6-10-13(14)16/h3-10H,2,16H2,1H3,(H,18,19). The van der Waals surface area contributed by atoms with Crippen molar-refractivity contribution in [1.82, 2.24) is 0 Å². The van der Waals surface area contributed by atoms with Crippen molar-refractivity contribution in [2.45, 2.75) is 6.92 Å². The Morgan fingerprint density at radius 3 is 2.42 bits per heavy atom. The summed E-state index contributed by atoms with van der Waals surface area (Å²) in [5.41, 5.74) is 8.11. The number of nitrogens with zero attached hydrogens (tertiary/aromatic N) is 1. The van der Waals surface area contributed by atoms with Gasteiger partial charge in [0.15, 0.2) is 0 Å². The van der Waals surface area contributed by atoms with Gasteiger partial charge in [0.2, 0.25) is 0 Å². The van der Waals surface area contributed by atoms with Crippen LogP contribution in [0.3, 0.4) is 0 Å². The van der Waals surface area contributed by atoms with Crippen LogP contribution in [-0.2, 0) is 0 Å². The number of rotatable bonds is 4. The first-order valence-corrected chi connectivity index (χ1v) is 6.09. The highest BCUT2D eigenvalue weighted by atomic mass is 16.4. The van der Waals surface area contributed by atoms with Crippen LogP contribution in [0.5, 0.6) is 0 Å². The first-order valence-electron chi connectivity index (χ1n) is 6.09. The molecule has 0 saturated heterocycles. The molecule has 19 heavy (non-hydrogen) atoms. The van der Waals surface area contributed by atoms with Gasteiger partial charge < -0.3 is 15.7 Å². The molecule has 4 heteroatoms. The Kier molecular flexibility index (Phi) is 3.71. The Bertz CT molecular complexity index is 582. The zero-order valence-electron chi connectivity index (χ0n) is 10.7. The number of nitrogens with two attached hydrogens (primary N) is 1. The largest absolute Gasteiger partial charge is 0.478 e. The molecule has 2 aromatic carbocycles. The van der Waals surface area contributed by atoms with Gasteiger partial charge in [-0.1, -0.05) is 24.3 Å². The average Bonchev–Trinajstić information content (AvgIpc) is 2.42. The second-order valence-electron chi connectivity index (χ2n) is 4.13. The summed E-state index contributed by atoms with van der Waals surface area (Å²) in [5.74, 6) is -0.975. The van der Waals surface area contributed by atoms with Crippen LogP contribution in [0.4, 0.5) is 17.1 Å². The zero-order valence-corrected chi connectivity index (χ0v) is 10.7. The van der Waals surface area contributed by atoms with Crippen LogP contribution in [0.2, 0.25) is 0 Å². The number of hydrogen-bond donors (Lipinski definition) is 2. The van der Waals surface area contributed by atoms with Crippen LogP contribution in [-0.4, -0.2) is 17.6 Å². The minimum atomic E-state index is -0.975. The second kappa shape index (κ2) is 5.44. The first kappa shape index (κ1) is 13.0. The Labute approximate surface area is 112 Å². The van der Waals surface area contributed by atoms with E-state index in [9.17, 15) is 9.90 Å². The molecule has 0 heterocycles. The van der Waals surface area contributed by atoms with Crippen molar-refractivity contribution < 1.29 is 9.90 Å². The van der Waals surface area contributed by atoms with Crippen molar-refractivity contribution in [3.63, 3.8) is 0 Å². The van der Waals surface area contributed by atoms with E-state index in [0.717, 1.165) is 5.69 Å². The summed E-state index contributed by atoms with van der Waals surface area (Å²) in [6.07, 6.45) is 0. The number of nitrogen functional groups attached to an aromatic ring is 1. The van der Waals surface area contributed by atoms with E-state index in [4.69, 9.17) is 5.73 Å². The lowest BCUT2D eigenvalue weighted by atomic mass is 10.1. The zero-order chi connectivity index (χ0) is 13.8. The van der Waals surface area contributed by atoms with Gasteiger partial charge >= 0.3 is 5.97 Å². The molecule has 0 bridgehead atoms. The topological polar surface area (TPSA) is 66.6 Å². The average molecular weight is 256 g/mol. The number of hydrogen-bond acceptors (Lipinski definition) is 3. The maximum absolute atomic E-state index is 11.3. The smallest absolute Gasteiger partial charge is 0.337 e. The Morgan fingerprint density at radius 2 is 1.84 bits per heavy atom. The molecule has 0 radical (unpaired) electrons. The van der Waals surface area contributed by atoms with Gasteiger partial charge in [0.05, 0.1) is 16.9 Å². The van der Waals surface area contributed by atoms with Gasteiger partial charge in [-0.25, -0.2) is 4.79 Å². The summed E-state index contributed by atoms with van der Waals surface area (Å²) in [6.45, 7) is 2.60. The third-order valence-electron chi connectivity index (χ3n) is 2.95. The van der Waals surface area contributed by atoms with E-state index in [1.54, 1.807) is 18.2 Å². The molecule has 0 saturated carbocycles. The molecule has 0 aliphatic carbocycles. The second-order valence-corrected chi connectivity index (χ2v) is 4.13. The summed E-state index contributed by atoms with van der Waals surface area (Å²) >= 11 is 0. The highest BCUT2D eigenvalue weighted by Gasteiger charge is 2.18. The Morgan fingerprint density at radius 1 is 1.16 bits per heavy atom. The van der Waals surface area contributed by atoms with Crippen molar-refractivity contribution in [1.29, 1.82) is 0 Å². The van der Waals surface area contributed by atoms with E-state index in [1.165, 1.54) is 0 Å². The molecule has 2 rings (SSSR count). The predicted octanol–water partition coefficient (Wildman–Crippen LogP) is 3.12. The number of carbonyl (C=O) groups is 1. The third-order valence-corrected chi connectivity index (χ3v) is 2.95. The molecule has 0 aliphatic heterocycles. The Hall–Kier alpha value is -2.49. The monoisotopic (exact) mass is 256 g/mol. The highest BCUT2D eigenvalue weighted by molar-refractivity contribution is 5.99. The van der Waals surface area contributed by atoms with Crippen molar-refractivity contribution >= 4 is 23.0 Å². The summed E-state index contributed by atoms with van der Waals surface area (Å²) in [7, 11) is 0. The third kappa shape index (κ3) is 2.52. The molecular formula is C15H16N2O2. The van der Waals surface area contributed by atoms with E-state index in [2.05, 4.69) is 0 Å². The van der Waals surface area contributed by atoms with E-state index in [1.807, 2.05) is 42.2 Å². The lowest BCUT2D eigenvalue weighted by Gasteiger charge is -2.26. The fourth-order valence-electron chi connectivity index (χ4n) is 2.11. The van der Waals surface area contributed by atoms with Crippen molar-refractivity contribution in [2.75, 3.05) is 17.2 Å². The molecule has 0 amide bonds. The number of benzene rings is 2. The fraction of sp³-hybridized carbons (Fsp3) is 0.133. The van der Waals surface area contributed by atoms with E-state index >= 15 is 0 Å². The van der Waals surface area contributed by atoms with Gasteiger partial charge in [-0.2, -0.15) is 0 Å². The lowest BCUT2D eigenvalue weighted by molar-refractivity contribution is 0.0697. The molecule has 0 fully saturated rings. The molecule has 4 nitrogen and oxygen atoms in total. The van der Waals surface area contributed by atoms with Gasteiger partial charge in [-0.3, -0.25) is 0 Å². The summed E-state index contributed by atoms with van der Waals surface area (Å²) < 4.78 is 0. The van der Waals surface area contributed by atoms with Crippen LogP contribution in [0.1, 0.15) is 17.3 Å². The van der Waals surface area contributed by atoms with E-state index in [-0.39, 0.29) is 5.56 Å². The number of aromatic carboxylic acids is 1. The number of para-hydroxylation sites is 2. The van der Waals surface area contributed by atoms with Crippen LogP contribution >= 0.6 is 0 Å². The summed E-state index contributed by atoms with van der Waals surface area (Å²) in [4.78, 5) is 13.2. The molecule has 0 unspecified atom stereocenters. The van der Waals surface area contributed by atoms with Gasteiger partial charge in [-0.05, 0) is 31.2 Å². The normalized spacial score (nSPS) is 10.2. The predicted molar refractivity (Wildman–Crippen MR) is 76.9 cm³/mol. The quantitative estimate of drug-likeness (QED) is 0.825. The van der Waals surface area contributed by atoms with Gasteiger partial charge in [0.25, 0.3) is 0 Å². The minimum Gasteiger partial charge on any atom is -0.478 e. The minimum absolute atomic E-state index is 0.214. The lowest BCUT2D eigenvalue weighted by Crippen LogP contribution is -2.20. The molecule has 3 N–H and O–H groups in total. The summed E-state index contributed by atoms with van der Waals surface area (Å²) in [6, 6.07) is 14.6. The number of anilines is 3. The maximum atomic E-state index is 11.3. The van der Waals surface area contributed by atoms with E-state index in [0.29, 0.717) is 17.9 Å². The molecule has 0 atom stereocenters. The maximum Gasteiger partial charge on any atom is 0.337 e. The Balaban J connectivity index is 2.59. The van der Waals surface area contributed by atoms with Gasteiger partial charge in [-0.15, -0.1) is 0 Å². The molecule has 0 spiro atoms. The fourth-order valence-corrected chi connectivity index (χ4v) is 2.11. The van der Waals surface area contributed by atoms with Gasteiger partial charge in [0, 0.05) is 12.2 Å². The van der Waals surface area contributed by atoms with Gasteiger partial charge in [0.1, 0.15) is 0 Å². The molecule has 98 valence electrons. The van der Waals surface area contributed by atoms with Crippen molar-refractivity contribution in [2.24, 2.45) is 0 Å². The molecular weight excluding hydrogens is 240 g/mol. The molecule has 0 aliphatic rings. The van der Waals surface area contributed by atoms with Crippen molar-refractivity contribution in [3.05, 3.63) is 54.1 Å². The highest BCUT2D eigenvalue weighted by Crippen LogP contribution is 2.33. The number of carboxylic acid groups (broad SMARTS) is 1. The first-order chi connectivity index (χ1) is 9.15. The van der Waals surface area contributed by atoms with Crippen LogP contribution < -0.4 is 10.6 Å².